The van der Waals surface area contributed by atoms with Crippen LogP contribution in [-0.2, 0) is 0 Å². The molecule has 1 N–H and O–H groups in total. The van der Waals surface area contributed by atoms with E-state index in [9.17, 15) is 4.79 Å². The van der Waals surface area contributed by atoms with Crippen molar-refractivity contribution in [1.82, 2.24) is 15.0 Å². The summed E-state index contributed by atoms with van der Waals surface area (Å²) in [7, 11) is 0. The van der Waals surface area contributed by atoms with Crippen LogP contribution in [0.4, 0.5) is 0 Å². The third-order valence-electron chi connectivity index (χ3n) is 2.64. The summed E-state index contributed by atoms with van der Waals surface area (Å²) in [6.45, 7) is 0. The molecule has 0 radical (unpaired) electrons. The average Bonchev–Trinajstić information content (AvgIpc) is 2.47. The summed E-state index contributed by atoms with van der Waals surface area (Å²) < 4.78 is 5.41. The molecule has 1 aromatic carbocycles. The van der Waals surface area contributed by atoms with Gasteiger partial charge in [0.15, 0.2) is 11.4 Å². The third-order valence-corrected chi connectivity index (χ3v) is 2.64. The summed E-state index contributed by atoms with van der Waals surface area (Å²) in [5.74, 6) is -1.06. The lowest BCUT2D eigenvalue weighted by Crippen LogP contribution is -2.03. The molecule has 0 spiro atoms. The van der Waals surface area contributed by atoms with Crippen molar-refractivity contribution in [3.05, 3.63) is 54.5 Å². The molecular formula is C14H9N3O3. The van der Waals surface area contributed by atoms with E-state index in [1.807, 2.05) is 24.3 Å². The molecule has 0 atom stereocenters. The first-order valence-electron chi connectivity index (χ1n) is 5.82. The van der Waals surface area contributed by atoms with Gasteiger partial charge in [0.2, 0.25) is 0 Å². The molecule has 3 rings (SSSR count). The number of hydrogen-bond acceptors (Lipinski definition) is 5. The van der Waals surface area contributed by atoms with E-state index in [0.29, 0.717) is 0 Å². The Labute approximate surface area is 113 Å². The second kappa shape index (κ2) is 4.93. The number of benzene rings is 1. The summed E-state index contributed by atoms with van der Waals surface area (Å²) in [4.78, 5) is 23.1. The highest BCUT2D eigenvalue weighted by Crippen LogP contribution is 2.22. The van der Waals surface area contributed by atoms with Crippen LogP contribution in [0.25, 0.3) is 10.9 Å². The molecule has 2 heterocycles. The average molecular weight is 267 g/mol. The fourth-order valence-electron chi connectivity index (χ4n) is 1.74. The first-order chi connectivity index (χ1) is 9.74. The monoisotopic (exact) mass is 267 g/mol. The van der Waals surface area contributed by atoms with Crippen molar-refractivity contribution in [1.29, 1.82) is 0 Å². The topological polar surface area (TPSA) is 85.2 Å². The third kappa shape index (κ3) is 2.26. The molecule has 0 aliphatic carbocycles. The summed E-state index contributed by atoms with van der Waals surface area (Å²) in [6.07, 6.45) is 3.01. The van der Waals surface area contributed by atoms with Gasteiger partial charge >= 0.3 is 12.0 Å². The molecule has 0 fully saturated rings. The van der Waals surface area contributed by atoms with Gasteiger partial charge in [-0.3, -0.25) is 0 Å². The van der Waals surface area contributed by atoms with Crippen LogP contribution in [0.1, 0.15) is 10.5 Å². The highest BCUT2D eigenvalue weighted by Gasteiger charge is 2.14. The van der Waals surface area contributed by atoms with Crippen molar-refractivity contribution in [2.75, 3.05) is 0 Å². The van der Waals surface area contributed by atoms with E-state index in [4.69, 9.17) is 9.84 Å². The second-order valence-corrected chi connectivity index (χ2v) is 3.97. The summed E-state index contributed by atoms with van der Waals surface area (Å²) in [5, 5.41) is 9.91. The molecule has 0 unspecified atom stereocenters. The van der Waals surface area contributed by atoms with Crippen LogP contribution in [0.3, 0.4) is 0 Å². The Bertz CT molecular complexity index is 789. The standard InChI is InChI=1S/C14H9N3O3/c18-13(19)12-11(6-3-7-15-12)20-14-16-8-9-4-1-2-5-10(9)17-14/h1-8H,(H,18,19). The van der Waals surface area contributed by atoms with E-state index in [0.717, 1.165) is 10.9 Å². The van der Waals surface area contributed by atoms with Crippen LogP contribution < -0.4 is 4.74 Å². The number of carbonyl (C=O) groups is 1. The minimum Gasteiger partial charge on any atom is -0.476 e. The van der Waals surface area contributed by atoms with Gasteiger partial charge in [0.25, 0.3) is 0 Å². The Hall–Kier alpha value is -3.02. The maximum atomic E-state index is 11.0. The number of aromatic nitrogens is 3. The molecule has 20 heavy (non-hydrogen) atoms. The molecule has 0 saturated carbocycles. The molecule has 3 aromatic rings. The lowest BCUT2D eigenvalue weighted by Gasteiger charge is -2.06. The molecule has 0 saturated heterocycles. The van der Waals surface area contributed by atoms with Gasteiger partial charge in [0.05, 0.1) is 5.52 Å². The Balaban J connectivity index is 1.99. The number of nitrogens with zero attached hydrogens (tertiary/aromatic N) is 3. The fraction of sp³-hybridized carbons (Fsp3) is 0. The Morgan fingerprint density at radius 1 is 1.10 bits per heavy atom. The SMILES string of the molecule is O=C(O)c1ncccc1Oc1ncc2ccccc2n1. The lowest BCUT2D eigenvalue weighted by molar-refractivity contribution is 0.0687. The van der Waals surface area contributed by atoms with E-state index >= 15 is 0 Å². The normalized spacial score (nSPS) is 10.4. The number of ether oxygens (including phenoxy) is 1. The maximum Gasteiger partial charge on any atom is 0.358 e. The molecule has 0 aliphatic rings. The second-order valence-electron chi connectivity index (χ2n) is 3.97. The molecule has 0 aliphatic heterocycles. The lowest BCUT2D eigenvalue weighted by atomic mass is 10.2. The number of hydrogen-bond donors (Lipinski definition) is 1. The van der Waals surface area contributed by atoms with Crippen molar-refractivity contribution in [3.63, 3.8) is 0 Å². The van der Waals surface area contributed by atoms with E-state index < -0.39 is 5.97 Å². The molecule has 98 valence electrons. The molecule has 6 nitrogen and oxygen atoms in total. The predicted octanol–water partition coefficient (Wildman–Crippen LogP) is 2.52. The number of carboxylic acids is 1. The van der Waals surface area contributed by atoms with Crippen LogP contribution >= 0.6 is 0 Å². The Morgan fingerprint density at radius 2 is 1.95 bits per heavy atom. The number of para-hydroxylation sites is 1. The van der Waals surface area contributed by atoms with Crippen LogP contribution in [0.2, 0.25) is 0 Å². The molecule has 0 bridgehead atoms. The Morgan fingerprint density at radius 3 is 2.80 bits per heavy atom. The van der Waals surface area contributed by atoms with Crippen molar-refractivity contribution in [3.8, 4) is 11.8 Å². The molecular weight excluding hydrogens is 258 g/mol. The maximum absolute atomic E-state index is 11.0. The Kier molecular flexibility index (Phi) is 2.96. The van der Waals surface area contributed by atoms with Crippen LogP contribution in [0, 0.1) is 0 Å². The number of aromatic carboxylic acids is 1. The smallest absolute Gasteiger partial charge is 0.358 e. The van der Waals surface area contributed by atoms with E-state index in [1.165, 1.54) is 12.3 Å². The van der Waals surface area contributed by atoms with Gasteiger partial charge in [-0.25, -0.2) is 14.8 Å². The van der Waals surface area contributed by atoms with Crippen LogP contribution in [0.15, 0.2) is 48.8 Å². The van der Waals surface area contributed by atoms with E-state index in [-0.39, 0.29) is 17.5 Å². The van der Waals surface area contributed by atoms with E-state index in [1.54, 1.807) is 12.3 Å². The van der Waals surface area contributed by atoms with Gasteiger partial charge < -0.3 is 9.84 Å². The highest BCUT2D eigenvalue weighted by molar-refractivity contribution is 5.88. The number of carboxylic acid groups (broad SMARTS) is 1. The fourth-order valence-corrected chi connectivity index (χ4v) is 1.74. The number of rotatable bonds is 3. The number of pyridine rings is 1. The predicted molar refractivity (Wildman–Crippen MR) is 70.8 cm³/mol. The molecule has 2 aromatic heterocycles. The number of fused-ring (bicyclic) bond motifs is 1. The van der Waals surface area contributed by atoms with Gasteiger partial charge in [-0.2, -0.15) is 4.98 Å². The summed E-state index contributed by atoms with van der Waals surface area (Å²) in [6, 6.07) is 10.6. The van der Waals surface area contributed by atoms with Crippen molar-refractivity contribution in [2.24, 2.45) is 0 Å². The highest BCUT2D eigenvalue weighted by atomic mass is 16.5. The minimum absolute atomic E-state index is 0.0826. The van der Waals surface area contributed by atoms with Crippen molar-refractivity contribution >= 4 is 16.9 Å². The zero-order valence-electron chi connectivity index (χ0n) is 10.2. The first-order valence-corrected chi connectivity index (χ1v) is 5.82. The molecule has 6 heteroatoms. The largest absolute Gasteiger partial charge is 0.476 e. The minimum atomic E-state index is -1.17. The van der Waals surface area contributed by atoms with Crippen molar-refractivity contribution < 1.29 is 14.6 Å². The quantitative estimate of drug-likeness (QED) is 0.784. The summed E-state index contributed by atoms with van der Waals surface area (Å²) in [5.41, 5.74) is 0.544. The van der Waals surface area contributed by atoms with Gasteiger partial charge in [0.1, 0.15) is 0 Å². The van der Waals surface area contributed by atoms with Crippen LogP contribution in [0.5, 0.6) is 11.8 Å². The van der Waals surface area contributed by atoms with E-state index in [2.05, 4.69) is 15.0 Å². The molecule has 0 amide bonds. The van der Waals surface area contributed by atoms with Gasteiger partial charge in [-0.15, -0.1) is 0 Å². The van der Waals surface area contributed by atoms with Crippen LogP contribution in [-0.4, -0.2) is 26.0 Å². The first kappa shape index (κ1) is 12.0. The summed E-state index contributed by atoms with van der Waals surface area (Å²) >= 11 is 0. The van der Waals surface area contributed by atoms with Crippen molar-refractivity contribution in [2.45, 2.75) is 0 Å². The van der Waals surface area contributed by atoms with Gasteiger partial charge in [-0.1, -0.05) is 18.2 Å². The zero-order chi connectivity index (χ0) is 13.9. The zero-order valence-corrected chi connectivity index (χ0v) is 10.2. The van der Waals surface area contributed by atoms with Gasteiger partial charge in [-0.05, 0) is 18.2 Å². The van der Waals surface area contributed by atoms with Gasteiger partial charge in [0, 0.05) is 17.8 Å².